The maximum absolute atomic E-state index is 12.3. The van der Waals surface area contributed by atoms with Gasteiger partial charge in [0.2, 0.25) is 5.13 Å². The van der Waals surface area contributed by atoms with Gasteiger partial charge in [-0.05, 0) is 17.5 Å². The first-order valence-corrected chi connectivity index (χ1v) is 8.14. The molecule has 106 valence electrons. The number of benzene rings is 1. The lowest BCUT2D eigenvalue weighted by molar-refractivity contribution is 0.0996. The highest BCUT2D eigenvalue weighted by molar-refractivity contribution is 7.19. The molecule has 0 aliphatic carbocycles. The first kappa shape index (κ1) is 14.2. The molecule has 2 heterocycles. The molecule has 3 rings (SSSR count). The second kappa shape index (κ2) is 5.93. The van der Waals surface area contributed by atoms with E-state index < -0.39 is 0 Å². The van der Waals surface area contributed by atoms with E-state index in [1.807, 2.05) is 29.6 Å². The van der Waals surface area contributed by atoms with Crippen LogP contribution >= 0.6 is 34.3 Å². The quantitative estimate of drug-likeness (QED) is 0.720. The zero-order chi connectivity index (χ0) is 14.8. The van der Waals surface area contributed by atoms with Crippen LogP contribution in [-0.2, 0) is 0 Å². The number of thiophene rings is 1. The van der Waals surface area contributed by atoms with Crippen LogP contribution < -0.4 is 4.90 Å². The number of hydrogen-bond acceptors (Lipinski definition) is 5. The number of carbonyl (C=O) groups excluding carboxylic acids is 1. The Kier molecular flexibility index (Phi) is 4.01. The van der Waals surface area contributed by atoms with E-state index in [0.29, 0.717) is 20.0 Å². The van der Waals surface area contributed by atoms with Crippen LogP contribution in [0.2, 0.25) is 5.02 Å². The molecule has 2 aromatic heterocycles. The van der Waals surface area contributed by atoms with Crippen LogP contribution in [-0.4, -0.2) is 23.2 Å². The molecule has 4 nitrogen and oxygen atoms in total. The molecule has 0 saturated heterocycles. The fourth-order valence-corrected chi connectivity index (χ4v) is 3.57. The lowest BCUT2D eigenvalue weighted by Crippen LogP contribution is -2.25. The highest BCUT2D eigenvalue weighted by atomic mass is 35.5. The maximum atomic E-state index is 12.3. The zero-order valence-corrected chi connectivity index (χ0v) is 13.4. The molecule has 21 heavy (non-hydrogen) atoms. The highest BCUT2D eigenvalue weighted by Gasteiger charge is 2.19. The Morgan fingerprint density at radius 3 is 2.71 bits per heavy atom. The molecule has 0 spiro atoms. The van der Waals surface area contributed by atoms with Gasteiger partial charge < -0.3 is 0 Å². The van der Waals surface area contributed by atoms with Crippen molar-refractivity contribution in [2.45, 2.75) is 0 Å². The number of anilines is 1. The van der Waals surface area contributed by atoms with Crippen LogP contribution in [0.5, 0.6) is 0 Å². The number of hydrogen-bond donors (Lipinski definition) is 0. The Bertz CT molecular complexity index is 770. The summed E-state index contributed by atoms with van der Waals surface area (Å²) in [7, 11) is 1.69. The lowest BCUT2D eigenvalue weighted by atomic mass is 10.2. The molecule has 1 aromatic carbocycles. The molecule has 0 unspecified atom stereocenters. The van der Waals surface area contributed by atoms with Crippen molar-refractivity contribution in [3.63, 3.8) is 0 Å². The predicted octanol–water partition coefficient (Wildman–Crippen LogP) is 4.20. The average molecular weight is 336 g/mol. The molecular formula is C14H10ClN3OS2. The van der Waals surface area contributed by atoms with Crippen molar-refractivity contribution >= 4 is 45.3 Å². The van der Waals surface area contributed by atoms with Gasteiger partial charge in [0.1, 0.15) is 0 Å². The molecule has 0 aliphatic rings. The Labute approximate surface area is 134 Å². The van der Waals surface area contributed by atoms with E-state index in [0.717, 1.165) is 5.56 Å². The average Bonchev–Trinajstić information content (AvgIpc) is 3.17. The Morgan fingerprint density at radius 2 is 2.00 bits per heavy atom. The normalized spacial score (nSPS) is 10.6. The summed E-state index contributed by atoms with van der Waals surface area (Å²) in [5.74, 6) is -0.0909. The van der Waals surface area contributed by atoms with Gasteiger partial charge in [0.25, 0.3) is 5.91 Å². The van der Waals surface area contributed by atoms with Gasteiger partial charge >= 0.3 is 0 Å². The van der Waals surface area contributed by atoms with Gasteiger partial charge in [0.05, 0.1) is 9.90 Å². The number of carbonyl (C=O) groups is 1. The summed E-state index contributed by atoms with van der Waals surface area (Å²) >= 11 is 8.89. The standard InChI is InChI=1S/C14H10ClN3OS2/c1-18(13(19)11-7-4-8-20-11)14-17-16-12(21-14)9-5-2-3-6-10(9)15/h2-8H,1H3. The lowest BCUT2D eigenvalue weighted by Gasteiger charge is -2.11. The molecule has 0 fully saturated rings. The summed E-state index contributed by atoms with van der Waals surface area (Å²) in [4.78, 5) is 14.4. The minimum atomic E-state index is -0.0909. The van der Waals surface area contributed by atoms with Gasteiger partial charge in [0, 0.05) is 12.6 Å². The molecule has 0 N–H and O–H groups in total. The van der Waals surface area contributed by atoms with Crippen molar-refractivity contribution in [2.75, 3.05) is 11.9 Å². The third-order valence-corrected chi connectivity index (χ3v) is 5.06. The van der Waals surface area contributed by atoms with Gasteiger partial charge in [-0.1, -0.05) is 47.2 Å². The van der Waals surface area contributed by atoms with E-state index in [4.69, 9.17) is 11.6 Å². The van der Waals surface area contributed by atoms with E-state index in [-0.39, 0.29) is 5.91 Å². The Hall–Kier alpha value is -1.76. The SMILES string of the molecule is CN(C(=O)c1cccs1)c1nnc(-c2ccccc2Cl)s1. The number of amides is 1. The molecular weight excluding hydrogens is 326 g/mol. The monoisotopic (exact) mass is 335 g/mol. The van der Waals surface area contributed by atoms with Crippen LogP contribution in [0.4, 0.5) is 5.13 Å². The molecule has 0 saturated carbocycles. The summed E-state index contributed by atoms with van der Waals surface area (Å²) in [6.07, 6.45) is 0. The summed E-state index contributed by atoms with van der Waals surface area (Å²) in [6, 6.07) is 11.1. The van der Waals surface area contributed by atoms with E-state index in [2.05, 4.69) is 10.2 Å². The highest BCUT2D eigenvalue weighted by Crippen LogP contribution is 2.33. The van der Waals surface area contributed by atoms with Gasteiger partial charge in [-0.2, -0.15) is 0 Å². The molecule has 3 aromatic rings. The Morgan fingerprint density at radius 1 is 1.19 bits per heavy atom. The predicted molar refractivity (Wildman–Crippen MR) is 87.4 cm³/mol. The summed E-state index contributed by atoms with van der Waals surface area (Å²) in [5.41, 5.74) is 0.819. The second-order valence-electron chi connectivity index (χ2n) is 4.21. The number of aromatic nitrogens is 2. The Balaban J connectivity index is 1.88. The van der Waals surface area contributed by atoms with Crippen molar-refractivity contribution in [1.29, 1.82) is 0 Å². The van der Waals surface area contributed by atoms with Crippen molar-refractivity contribution in [3.05, 3.63) is 51.7 Å². The first-order valence-electron chi connectivity index (χ1n) is 6.07. The summed E-state index contributed by atoms with van der Waals surface area (Å²) < 4.78 is 0. The minimum absolute atomic E-state index is 0.0909. The van der Waals surface area contributed by atoms with Crippen LogP contribution in [0.15, 0.2) is 41.8 Å². The third kappa shape index (κ3) is 2.83. The van der Waals surface area contributed by atoms with Gasteiger partial charge in [-0.15, -0.1) is 21.5 Å². The minimum Gasteiger partial charge on any atom is -0.285 e. The molecule has 0 atom stereocenters. The smallest absolute Gasteiger partial charge is 0.269 e. The van der Waals surface area contributed by atoms with E-state index in [9.17, 15) is 4.79 Å². The van der Waals surface area contributed by atoms with Crippen LogP contribution in [0, 0.1) is 0 Å². The van der Waals surface area contributed by atoms with Crippen molar-refractivity contribution in [2.24, 2.45) is 0 Å². The topological polar surface area (TPSA) is 46.1 Å². The molecule has 0 aliphatic heterocycles. The van der Waals surface area contributed by atoms with Crippen LogP contribution in [0.3, 0.4) is 0 Å². The van der Waals surface area contributed by atoms with Crippen molar-refractivity contribution in [3.8, 4) is 10.6 Å². The van der Waals surface area contributed by atoms with E-state index in [1.54, 1.807) is 19.2 Å². The van der Waals surface area contributed by atoms with Crippen molar-refractivity contribution in [1.82, 2.24) is 10.2 Å². The van der Waals surface area contributed by atoms with Gasteiger partial charge in [-0.3, -0.25) is 9.69 Å². The summed E-state index contributed by atoms with van der Waals surface area (Å²) in [6.45, 7) is 0. The third-order valence-electron chi connectivity index (χ3n) is 2.84. The number of rotatable bonds is 3. The molecule has 7 heteroatoms. The van der Waals surface area contributed by atoms with E-state index >= 15 is 0 Å². The number of halogens is 1. The number of nitrogens with zero attached hydrogens (tertiary/aromatic N) is 3. The molecule has 1 amide bonds. The molecule has 0 bridgehead atoms. The van der Waals surface area contributed by atoms with Crippen LogP contribution in [0.1, 0.15) is 9.67 Å². The molecule has 0 radical (unpaired) electrons. The van der Waals surface area contributed by atoms with Gasteiger partial charge in [0.15, 0.2) is 5.01 Å². The zero-order valence-electron chi connectivity index (χ0n) is 11.0. The maximum Gasteiger partial charge on any atom is 0.269 e. The first-order chi connectivity index (χ1) is 10.2. The van der Waals surface area contributed by atoms with Gasteiger partial charge in [-0.25, -0.2) is 0 Å². The van der Waals surface area contributed by atoms with Crippen molar-refractivity contribution < 1.29 is 4.79 Å². The summed E-state index contributed by atoms with van der Waals surface area (Å²) in [5, 5.41) is 11.9. The fraction of sp³-hybridized carbons (Fsp3) is 0.0714. The second-order valence-corrected chi connectivity index (χ2v) is 6.52. The van der Waals surface area contributed by atoms with E-state index in [1.165, 1.54) is 27.6 Å². The largest absolute Gasteiger partial charge is 0.285 e. The fourth-order valence-electron chi connectivity index (χ4n) is 1.75. The van der Waals surface area contributed by atoms with Crippen LogP contribution in [0.25, 0.3) is 10.6 Å².